The Bertz CT molecular complexity index is 529. The summed E-state index contributed by atoms with van der Waals surface area (Å²) in [4.78, 5) is 12.2. The van der Waals surface area contributed by atoms with Crippen molar-refractivity contribution in [3.63, 3.8) is 0 Å². The van der Waals surface area contributed by atoms with Gasteiger partial charge in [-0.25, -0.2) is 0 Å². The summed E-state index contributed by atoms with van der Waals surface area (Å²) >= 11 is 0. The molecule has 1 fully saturated rings. The van der Waals surface area contributed by atoms with Crippen LogP contribution in [0.4, 0.5) is 0 Å². The second-order valence-corrected chi connectivity index (χ2v) is 6.02. The highest BCUT2D eigenvalue weighted by Crippen LogP contribution is 2.27. The van der Waals surface area contributed by atoms with Crippen LogP contribution in [0.1, 0.15) is 19.4 Å². The lowest BCUT2D eigenvalue weighted by molar-refractivity contribution is -0.140. The summed E-state index contributed by atoms with van der Waals surface area (Å²) in [7, 11) is 0. The van der Waals surface area contributed by atoms with Crippen molar-refractivity contribution >= 4 is 5.91 Å². The molecule has 114 valence electrons. The third-order valence-corrected chi connectivity index (χ3v) is 3.82. The van der Waals surface area contributed by atoms with E-state index in [1.165, 1.54) is 0 Å². The van der Waals surface area contributed by atoms with E-state index in [4.69, 9.17) is 14.2 Å². The van der Waals surface area contributed by atoms with E-state index in [-0.39, 0.29) is 17.9 Å². The number of nitrogens with one attached hydrogen (secondary N) is 1. The highest BCUT2D eigenvalue weighted by molar-refractivity contribution is 5.79. The summed E-state index contributed by atoms with van der Waals surface area (Å²) in [5.74, 6) is 0.200. The van der Waals surface area contributed by atoms with Crippen molar-refractivity contribution in [2.24, 2.45) is 5.92 Å². The van der Waals surface area contributed by atoms with Gasteiger partial charge < -0.3 is 19.5 Å². The zero-order chi connectivity index (χ0) is 14.9. The van der Waals surface area contributed by atoms with Crippen LogP contribution < -0.4 is 10.1 Å². The van der Waals surface area contributed by atoms with Gasteiger partial charge in [-0.05, 0) is 31.9 Å². The lowest BCUT2D eigenvalue weighted by Gasteiger charge is -2.25. The van der Waals surface area contributed by atoms with Crippen molar-refractivity contribution in [1.29, 1.82) is 0 Å². The van der Waals surface area contributed by atoms with Gasteiger partial charge in [0.05, 0.1) is 12.5 Å². The lowest BCUT2D eigenvalue weighted by atomic mass is 9.96. The van der Waals surface area contributed by atoms with Crippen molar-refractivity contribution in [1.82, 2.24) is 5.32 Å². The molecule has 5 heteroatoms. The molecule has 1 amide bonds. The maximum absolute atomic E-state index is 12.2. The fourth-order valence-electron chi connectivity index (χ4n) is 2.72. The average molecular weight is 291 g/mol. The van der Waals surface area contributed by atoms with Crippen LogP contribution in [-0.4, -0.2) is 37.6 Å². The summed E-state index contributed by atoms with van der Waals surface area (Å²) in [6.45, 7) is 5.16. The molecule has 2 aliphatic heterocycles. The summed E-state index contributed by atoms with van der Waals surface area (Å²) in [5, 5.41) is 2.94. The molecule has 0 radical (unpaired) electrons. The van der Waals surface area contributed by atoms with Crippen LogP contribution in [0.15, 0.2) is 24.3 Å². The molecule has 0 spiro atoms. The van der Waals surface area contributed by atoms with Crippen LogP contribution in [0, 0.1) is 5.92 Å². The lowest BCUT2D eigenvalue weighted by Crippen LogP contribution is -2.41. The quantitative estimate of drug-likeness (QED) is 0.917. The van der Waals surface area contributed by atoms with Gasteiger partial charge in [0.2, 0.25) is 5.91 Å². The fourth-order valence-corrected chi connectivity index (χ4v) is 2.72. The van der Waals surface area contributed by atoms with Gasteiger partial charge in [0.25, 0.3) is 0 Å². The van der Waals surface area contributed by atoms with Crippen LogP contribution in [0.25, 0.3) is 0 Å². The van der Waals surface area contributed by atoms with E-state index in [0.29, 0.717) is 19.8 Å². The molecular formula is C16H21NO4. The minimum absolute atomic E-state index is 0.0119. The number of ether oxygens (including phenoxy) is 3. The minimum Gasteiger partial charge on any atom is -0.492 e. The van der Waals surface area contributed by atoms with E-state index in [9.17, 15) is 4.79 Å². The number of fused-ring (bicyclic) bond motifs is 1. The SMILES string of the molecule is CC1(C)OCC(CNC(=O)C2COc3ccccc3C2)O1. The molecule has 2 unspecified atom stereocenters. The first-order valence-electron chi connectivity index (χ1n) is 7.34. The van der Waals surface area contributed by atoms with Gasteiger partial charge in [0, 0.05) is 6.54 Å². The van der Waals surface area contributed by atoms with Gasteiger partial charge in [-0.2, -0.15) is 0 Å². The molecule has 2 heterocycles. The number of para-hydroxylation sites is 1. The summed E-state index contributed by atoms with van der Waals surface area (Å²) in [6.07, 6.45) is 0.635. The third kappa shape index (κ3) is 3.36. The zero-order valence-electron chi connectivity index (χ0n) is 12.4. The Kier molecular flexibility index (Phi) is 3.87. The Labute approximate surface area is 124 Å². The van der Waals surface area contributed by atoms with E-state index in [0.717, 1.165) is 17.7 Å². The van der Waals surface area contributed by atoms with Crippen LogP contribution in [0.3, 0.4) is 0 Å². The van der Waals surface area contributed by atoms with Crippen molar-refractivity contribution in [2.45, 2.75) is 32.2 Å². The molecule has 0 aliphatic carbocycles. The van der Waals surface area contributed by atoms with E-state index in [2.05, 4.69) is 5.32 Å². The van der Waals surface area contributed by atoms with Gasteiger partial charge >= 0.3 is 0 Å². The molecule has 21 heavy (non-hydrogen) atoms. The van der Waals surface area contributed by atoms with E-state index in [1.54, 1.807) is 0 Å². The molecular weight excluding hydrogens is 270 g/mol. The first-order chi connectivity index (χ1) is 10.0. The standard InChI is InChI=1S/C16H21NO4/c1-16(2)20-10-13(21-16)8-17-15(18)12-7-11-5-3-4-6-14(11)19-9-12/h3-6,12-13H,7-10H2,1-2H3,(H,17,18). The maximum atomic E-state index is 12.2. The second-order valence-electron chi connectivity index (χ2n) is 6.02. The highest BCUT2D eigenvalue weighted by Gasteiger charge is 2.33. The molecule has 1 saturated heterocycles. The molecule has 1 aromatic carbocycles. The van der Waals surface area contributed by atoms with E-state index >= 15 is 0 Å². The highest BCUT2D eigenvalue weighted by atomic mass is 16.7. The summed E-state index contributed by atoms with van der Waals surface area (Å²) < 4.78 is 16.8. The number of benzene rings is 1. The van der Waals surface area contributed by atoms with Gasteiger partial charge in [0.15, 0.2) is 5.79 Å². The molecule has 5 nitrogen and oxygen atoms in total. The van der Waals surface area contributed by atoms with Gasteiger partial charge in [-0.1, -0.05) is 18.2 Å². The molecule has 2 atom stereocenters. The van der Waals surface area contributed by atoms with Gasteiger partial charge in [0.1, 0.15) is 18.5 Å². The monoisotopic (exact) mass is 291 g/mol. The molecule has 0 aromatic heterocycles. The molecule has 2 aliphatic rings. The number of rotatable bonds is 3. The van der Waals surface area contributed by atoms with Crippen LogP contribution in [0.2, 0.25) is 0 Å². The minimum atomic E-state index is -0.553. The Balaban J connectivity index is 1.51. The van der Waals surface area contributed by atoms with Crippen molar-refractivity contribution in [2.75, 3.05) is 19.8 Å². The largest absolute Gasteiger partial charge is 0.492 e. The van der Waals surface area contributed by atoms with E-state index < -0.39 is 5.79 Å². The molecule has 3 rings (SSSR count). The molecule has 1 N–H and O–H groups in total. The first kappa shape index (κ1) is 14.4. The van der Waals surface area contributed by atoms with Crippen molar-refractivity contribution in [3.8, 4) is 5.75 Å². The van der Waals surface area contributed by atoms with Gasteiger partial charge in [-0.15, -0.1) is 0 Å². The summed E-state index contributed by atoms with van der Waals surface area (Å²) in [5.41, 5.74) is 1.09. The topological polar surface area (TPSA) is 56.8 Å². The Morgan fingerprint density at radius 3 is 2.90 bits per heavy atom. The Hall–Kier alpha value is -1.59. The fraction of sp³-hybridized carbons (Fsp3) is 0.562. The number of carbonyl (C=O) groups is 1. The van der Waals surface area contributed by atoms with Crippen LogP contribution in [-0.2, 0) is 20.7 Å². The number of hydrogen-bond donors (Lipinski definition) is 1. The normalized spacial score (nSPS) is 26.8. The predicted octanol–water partition coefficient (Wildman–Crippen LogP) is 1.51. The van der Waals surface area contributed by atoms with Crippen molar-refractivity contribution < 1.29 is 19.0 Å². The third-order valence-electron chi connectivity index (χ3n) is 3.82. The number of hydrogen-bond acceptors (Lipinski definition) is 4. The predicted molar refractivity (Wildman–Crippen MR) is 77.0 cm³/mol. The number of amides is 1. The molecule has 0 bridgehead atoms. The zero-order valence-corrected chi connectivity index (χ0v) is 12.4. The maximum Gasteiger partial charge on any atom is 0.226 e. The smallest absolute Gasteiger partial charge is 0.226 e. The molecule has 0 saturated carbocycles. The van der Waals surface area contributed by atoms with Crippen LogP contribution in [0.5, 0.6) is 5.75 Å². The Morgan fingerprint density at radius 2 is 2.14 bits per heavy atom. The average Bonchev–Trinajstić information content (AvgIpc) is 2.83. The Morgan fingerprint density at radius 1 is 1.33 bits per heavy atom. The van der Waals surface area contributed by atoms with Gasteiger partial charge in [-0.3, -0.25) is 4.79 Å². The van der Waals surface area contributed by atoms with Crippen LogP contribution >= 0.6 is 0 Å². The molecule has 1 aromatic rings. The van der Waals surface area contributed by atoms with E-state index in [1.807, 2.05) is 38.1 Å². The summed E-state index contributed by atoms with van der Waals surface area (Å²) in [6, 6.07) is 7.85. The second kappa shape index (κ2) is 5.66. The number of carbonyl (C=O) groups excluding carboxylic acids is 1. The first-order valence-corrected chi connectivity index (χ1v) is 7.34. The van der Waals surface area contributed by atoms with Crippen molar-refractivity contribution in [3.05, 3.63) is 29.8 Å².